The highest BCUT2D eigenvalue weighted by Gasteiger charge is 2.22. The van der Waals surface area contributed by atoms with Gasteiger partial charge in [-0.25, -0.2) is 18.5 Å². The number of sulfonamides is 1. The van der Waals surface area contributed by atoms with Gasteiger partial charge in [0.1, 0.15) is 5.75 Å². The molecule has 28 heavy (non-hydrogen) atoms. The van der Waals surface area contributed by atoms with E-state index >= 15 is 0 Å². The summed E-state index contributed by atoms with van der Waals surface area (Å²) in [5, 5.41) is 6.21. The van der Waals surface area contributed by atoms with Gasteiger partial charge in [-0.05, 0) is 38.0 Å². The third-order valence-corrected chi connectivity index (χ3v) is 5.68. The summed E-state index contributed by atoms with van der Waals surface area (Å²) in [6.45, 7) is 5.47. The highest BCUT2D eigenvalue weighted by Crippen LogP contribution is 2.37. The first-order chi connectivity index (χ1) is 13.1. The number of rotatable bonds is 4. The Morgan fingerprint density at radius 1 is 1.04 bits per heavy atom. The topological polar surface area (TPSA) is 108 Å². The number of ether oxygens (including phenoxy) is 1. The molecule has 0 aliphatic rings. The fraction of sp³-hybridized carbons (Fsp3) is 0.167. The van der Waals surface area contributed by atoms with E-state index in [9.17, 15) is 8.42 Å². The van der Waals surface area contributed by atoms with Crippen molar-refractivity contribution in [2.24, 2.45) is 5.14 Å². The molecule has 2 aromatic heterocycles. The molecule has 7 nitrogen and oxygen atoms in total. The van der Waals surface area contributed by atoms with Crippen LogP contribution < -0.4 is 9.88 Å². The lowest BCUT2D eigenvalue weighted by molar-refractivity contribution is 0.439. The number of primary sulfonamides is 1. The summed E-state index contributed by atoms with van der Waals surface area (Å²) in [5.41, 5.74) is 2.80. The molecule has 0 bridgehead atoms. The zero-order chi connectivity index (χ0) is 20.6. The summed E-state index contributed by atoms with van der Waals surface area (Å²) < 4.78 is 29.9. The van der Waals surface area contributed by atoms with Gasteiger partial charge in [0.15, 0.2) is 10.7 Å². The van der Waals surface area contributed by atoms with Crippen molar-refractivity contribution < 1.29 is 13.2 Å². The van der Waals surface area contributed by atoms with Crippen LogP contribution in [-0.4, -0.2) is 23.4 Å². The molecule has 0 fully saturated rings. The summed E-state index contributed by atoms with van der Waals surface area (Å²) in [6, 6.07) is 3.44. The molecule has 0 spiro atoms. The molecule has 10 heteroatoms. The Hall–Kier alpha value is -2.26. The lowest BCUT2D eigenvalue weighted by Gasteiger charge is -2.16. The lowest BCUT2D eigenvalue weighted by atomic mass is 10.1. The van der Waals surface area contributed by atoms with E-state index in [2.05, 4.69) is 15.0 Å². The number of hydrogen-bond donors (Lipinski definition) is 1. The number of halogens is 2. The Balaban J connectivity index is 2.19. The Kier molecular flexibility index (Phi) is 5.58. The predicted molar refractivity (Wildman–Crippen MR) is 107 cm³/mol. The average Bonchev–Trinajstić information content (AvgIpc) is 2.62. The van der Waals surface area contributed by atoms with Crippen LogP contribution in [-0.2, 0) is 10.0 Å². The SMILES string of the molecule is Cc1cc(C)c(Oc2nc(-c3cncc(Cl)c3)ncc2S(N)(=O)=O)c(C)c1Cl. The van der Waals surface area contributed by atoms with Crippen LogP contribution in [0.2, 0.25) is 10.0 Å². The molecule has 0 saturated heterocycles. The Bertz CT molecular complexity index is 1180. The van der Waals surface area contributed by atoms with Crippen molar-refractivity contribution in [1.82, 2.24) is 15.0 Å². The van der Waals surface area contributed by atoms with Crippen LogP contribution >= 0.6 is 23.2 Å². The smallest absolute Gasteiger partial charge is 0.245 e. The van der Waals surface area contributed by atoms with Gasteiger partial charge in [-0.2, -0.15) is 4.98 Å². The molecule has 0 amide bonds. The van der Waals surface area contributed by atoms with Gasteiger partial charge in [0.05, 0.1) is 16.2 Å². The van der Waals surface area contributed by atoms with Gasteiger partial charge in [-0.1, -0.05) is 29.3 Å². The minimum absolute atomic E-state index is 0.186. The second-order valence-corrected chi connectivity index (χ2v) is 8.52. The Labute approximate surface area is 172 Å². The summed E-state index contributed by atoms with van der Waals surface area (Å²) in [4.78, 5) is 11.9. The van der Waals surface area contributed by atoms with Crippen LogP contribution in [0.15, 0.2) is 35.6 Å². The zero-order valence-corrected chi connectivity index (χ0v) is 17.5. The summed E-state index contributed by atoms with van der Waals surface area (Å²) in [7, 11) is -4.13. The quantitative estimate of drug-likeness (QED) is 0.653. The van der Waals surface area contributed by atoms with Crippen molar-refractivity contribution in [3.05, 3.63) is 57.5 Å². The first-order valence-corrected chi connectivity index (χ1v) is 10.3. The fourth-order valence-electron chi connectivity index (χ4n) is 2.70. The number of aromatic nitrogens is 3. The third kappa shape index (κ3) is 4.10. The summed E-state index contributed by atoms with van der Waals surface area (Å²) >= 11 is 12.3. The normalized spacial score (nSPS) is 11.5. The maximum atomic E-state index is 12.0. The molecule has 2 heterocycles. The van der Waals surface area contributed by atoms with E-state index in [1.54, 1.807) is 13.0 Å². The van der Waals surface area contributed by atoms with Crippen molar-refractivity contribution in [3.63, 3.8) is 0 Å². The van der Waals surface area contributed by atoms with Crippen LogP contribution in [0, 0.1) is 20.8 Å². The van der Waals surface area contributed by atoms with E-state index in [1.807, 2.05) is 19.9 Å². The third-order valence-electron chi connectivity index (χ3n) is 4.00. The number of benzene rings is 1. The molecule has 0 radical (unpaired) electrons. The van der Waals surface area contributed by atoms with E-state index in [4.69, 9.17) is 33.1 Å². The summed E-state index contributed by atoms with van der Waals surface area (Å²) in [5.74, 6) is 0.374. The van der Waals surface area contributed by atoms with Crippen molar-refractivity contribution >= 4 is 33.2 Å². The van der Waals surface area contributed by atoms with E-state index in [-0.39, 0.29) is 16.6 Å². The molecule has 0 unspecified atom stereocenters. The maximum absolute atomic E-state index is 12.0. The average molecular weight is 439 g/mol. The molecule has 3 aromatic rings. The maximum Gasteiger partial charge on any atom is 0.245 e. The standard InChI is InChI=1S/C18H16Cl2N4O3S/c1-9-4-10(2)16(11(3)15(9)20)27-18-14(28(21,25)26)8-23-17(24-18)12-5-13(19)7-22-6-12/h4-8H,1-3H3,(H2,21,25,26). The number of hydrogen-bond acceptors (Lipinski definition) is 6. The molecular formula is C18H16Cl2N4O3S. The first kappa shape index (κ1) is 20.5. The van der Waals surface area contributed by atoms with Crippen LogP contribution in [0.25, 0.3) is 11.4 Å². The van der Waals surface area contributed by atoms with Crippen molar-refractivity contribution in [1.29, 1.82) is 0 Å². The highest BCUT2D eigenvalue weighted by atomic mass is 35.5. The van der Waals surface area contributed by atoms with Gasteiger partial charge in [0.2, 0.25) is 15.9 Å². The summed E-state index contributed by atoms with van der Waals surface area (Å²) in [6.07, 6.45) is 4.05. The van der Waals surface area contributed by atoms with Gasteiger partial charge in [0, 0.05) is 23.5 Å². The number of nitrogens with two attached hydrogens (primary N) is 1. The Morgan fingerprint density at radius 2 is 1.75 bits per heavy atom. The molecule has 0 aliphatic carbocycles. The van der Waals surface area contributed by atoms with Gasteiger partial charge in [-0.3, -0.25) is 4.98 Å². The van der Waals surface area contributed by atoms with Crippen molar-refractivity contribution in [2.45, 2.75) is 25.7 Å². The minimum Gasteiger partial charge on any atom is -0.437 e. The number of pyridine rings is 1. The fourth-order valence-corrected chi connectivity index (χ4v) is 3.54. The van der Waals surface area contributed by atoms with E-state index in [1.165, 1.54) is 12.4 Å². The molecule has 3 rings (SSSR count). The molecule has 0 saturated carbocycles. The monoisotopic (exact) mass is 438 g/mol. The van der Waals surface area contributed by atoms with Crippen LogP contribution in [0.5, 0.6) is 11.6 Å². The predicted octanol–water partition coefficient (Wildman–Crippen LogP) is 4.21. The minimum atomic E-state index is -4.13. The largest absolute Gasteiger partial charge is 0.437 e. The van der Waals surface area contributed by atoms with Crippen molar-refractivity contribution in [3.8, 4) is 23.0 Å². The second kappa shape index (κ2) is 7.63. The van der Waals surface area contributed by atoms with Gasteiger partial charge < -0.3 is 4.74 Å². The van der Waals surface area contributed by atoms with Gasteiger partial charge >= 0.3 is 0 Å². The van der Waals surface area contributed by atoms with Crippen LogP contribution in [0.4, 0.5) is 0 Å². The first-order valence-electron chi connectivity index (χ1n) is 8.03. The van der Waals surface area contributed by atoms with E-state index < -0.39 is 10.0 Å². The zero-order valence-electron chi connectivity index (χ0n) is 15.2. The molecule has 1 aromatic carbocycles. The second-order valence-electron chi connectivity index (χ2n) is 6.18. The molecule has 146 valence electrons. The van der Waals surface area contributed by atoms with Crippen molar-refractivity contribution in [2.75, 3.05) is 0 Å². The number of aryl methyl sites for hydroxylation is 2. The molecule has 0 aliphatic heterocycles. The van der Waals surface area contributed by atoms with Gasteiger partial charge in [-0.15, -0.1) is 0 Å². The van der Waals surface area contributed by atoms with E-state index in [0.29, 0.717) is 26.9 Å². The highest BCUT2D eigenvalue weighted by molar-refractivity contribution is 7.89. The van der Waals surface area contributed by atoms with Gasteiger partial charge in [0.25, 0.3) is 0 Å². The lowest BCUT2D eigenvalue weighted by Crippen LogP contribution is -2.15. The molecular weight excluding hydrogens is 423 g/mol. The number of nitrogens with zero attached hydrogens (tertiary/aromatic N) is 3. The van der Waals surface area contributed by atoms with E-state index in [0.717, 1.165) is 17.3 Å². The molecule has 2 N–H and O–H groups in total. The van der Waals surface area contributed by atoms with Crippen LogP contribution in [0.1, 0.15) is 16.7 Å². The molecule has 0 atom stereocenters. The Morgan fingerprint density at radius 3 is 2.39 bits per heavy atom. The van der Waals surface area contributed by atoms with Crippen LogP contribution in [0.3, 0.4) is 0 Å².